The van der Waals surface area contributed by atoms with Gasteiger partial charge >= 0.3 is 0 Å². The summed E-state index contributed by atoms with van der Waals surface area (Å²) in [5, 5.41) is 0. The molecular formula is C21H15BrN2O2S. The monoisotopic (exact) mass is 438 g/mol. The van der Waals surface area contributed by atoms with Crippen LogP contribution in [0.15, 0.2) is 82.4 Å². The van der Waals surface area contributed by atoms with Crippen LogP contribution in [0.25, 0.3) is 0 Å². The molecule has 134 valence electrons. The molecule has 1 amide bonds. The van der Waals surface area contributed by atoms with Crippen LogP contribution in [0, 0.1) is 11.8 Å². The van der Waals surface area contributed by atoms with E-state index in [4.69, 9.17) is 0 Å². The molecule has 0 saturated carbocycles. The van der Waals surface area contributed by atoms with Crippen molar-refractivity contribution in [1.29, 1.82) is 0 Å². The van der Waals surface area contributed by atoms with Crippen LogP contribution in [-0.4, -0.2) is 21.0 Å². The van der Waals surface area contributed by atoms with Gasteiger partial charge in [-0.15, -0.1) is 0 Å². The van der Waals surface area contributed by atoms with Crippen LogP contribution >= 0.6 is 15.9 Å². The van der Waals surface area contributed by atoms with Crippen LogP contribution in [0.5, 0.6) is 0 Å². The molecule has 1 atom stereocenters. The van der Waals surface area contributed by atoms with Gasteiger partial charge in [-0.2, -0.15) is 0 Å². The maximum atomic E-state index is 12.7. The fourth-order valence-corrected chi connectivity index (χ4v) is 3.78. The van der Waals surface area contributed by atoms with Crippen molar-refractivity contribution < 1.29 is 9.00 Å². The van der Waals surface area contributed by atoms with Crippen molar-refractivity contribution in [2.75, 3.05) is 0 Å². The van der Waals surface area contributed by atoms with Crippen molar-refractivity contribution >= 4 is 37.4 Å². The zero-order valence-electron chi connectivity index (χ0n) is 14.2. The van der Waals surface area contributed by atoms with Crippen molar-refractivity contribution in [3.05, 3.63) is 94.2 Å². The van der Waals surface area contributed by atoms with Gasteiger partial charge in [-0.05, 0) is 42.3 Å². The molecular weight excluding hydrogens is 424 g/mol. The van der Waals surface area contributed by atoms with E-state index >= 15 is 0 Å². The van der Waals surface area contributed by atoms with Crippen LogP contribution in [0.4, 0.5) is 0 Å². The number of carbonyl (C=O) groups is 1. The number of benzene rings is 2. The third-order valence-corrected chi connectivity index (χ3v) is 5.60. The van der Waals surface area contributed by atoms with E-state index in [9.17, 15) is 9.00 Å². The molecule has 4 nitrogen and oxygen atoms in total. The Morgan fingerprint density at radius 3 is 2.48 bits per heavy atom. The molecule has 0 spiro atoms. The average Bonchev–Trinajstić information content (AvgIpc) is 2.67. The van der Waals surface area contributed by atoms with Crippen molar-refractivity contribution in [3.63, 3.8) is 0 Å². The number of hydrogen-bond acceptors (Lipinski definition) is 3. The Kier molecular flexibility index (Phi) is 5.75. The summed E-state index contributed by atoms with van der Waals surface area (Å²) in [6, 6.07) is 17.8. The smallest absolute Gasteiger partial charge is 0.264 e. The maximum absolute atomic E-state index is 12.7. The van der Waals surface area contributed by atoms with Gasteiger partial charge in [-0.3, -0.25) is 14.5 Å². The topological polar surface area (TPSA) is 59.1 Å². The lowest BCUT2D eigenvalue weighted by Gasteiger charge is -2.11. The molecule has 0 bridgehead atoms. The summed E-state index contributed by atoms with van der Waals surface area (Å²) in [5.41, 5.74) is 1.69. The number of halogens is 1. The molecule has 3 aromatic rings. The molecule has 0 aliphatic carbocycles. The molecule has 0 aliphatic heterocycles. The summed E-state index contributed by atoms with van der Waals surface area (Å²) in [7, 11) is -2.95. The summed E-state index contributed by atoms with van der Waals surface area (Å²) >= 11 is 3.40. The molecule has 0 saturated heterocycles. The fourth-order valence-electron chi connectivity index (χ4n) is 2.25. The van der Waals surface area contributed by atoms with E-state index in [1.54, 1.807) is 42.6 Å². The minimum absolute atomic E-state index is 0.267. The molecule has 3 rings (SSSR count). The summed E-state index contributed by atoms with van der Waals surface area (Å²) < 4.78 is 16.1. The molecule has 2 aromatic carbocycles. The number of amides is 1. The van der Waals surface area contributed by atoms with E-state index in [2.05, 4.69) is 43.3 Å². The summed E-state index contributed by atoms with van der Waals surface area (Å²) in [6.45, 7) is 0. The van der Waals surface area contributed by atoms with Gasteiger partial charge in [-0.1, -0.05) is 52.0 Å². The van der Waals surface area contributed by atoms with Crippen LogP contribution in [0.3, 0.4) is 0 Å². The molecule has 27 heavy (non-hydrogen) atoms. The largest absolute Gasteiger partial charge is 0.275 e. The molecule has 6 heteroatoms. The zero-order valence-corrected chi connectivity index (χ0v) is 16.6. The Morgan fingerprint density at radius 1 is 1.00 bits per heavy atom. The zero-order chi connectivity index (χ0) is 19.3. The third kappa shape index (κ3) is 5.07. The van der Waals surface area contributed by atoms with Gasteiger partial charge in [0.25, 0.3) is 5.91 Å². The average molecular weight is 439 g/mol. The first-order valence-corrected chi connectivity index (χ1v) is 10.4. The molecule has 0 fully saturated rings. The second-order valence-corrected chi connectivity index (χ2v) is 8.58. The van der Waals surface area contributed by atoms with E-state index in [1.165, 1.54) is 6.20 Å². The summed E-state index contributed by atoms with van der Waals surface area (Å²) in [6.07, 6.45) is 2.97. The number of hydrogen-bond donors (Lipinski definition) is 1. The van der Waals surface area contributed by atoms with Crippen molar-refractivity contribution in [3.8, 4) is 11.8 Å². The predicted octanol–water partition coefficient (Wildman–Crippen LogP) is 3.66. The van der Waals surface area contributed by atoms with Crippen LogP contribution in [0.1, 0.15) is 21.5 Å². The van der Waals surface area contributed by atoms with Gasteiger partial charge in [0.1, 0.15) is 0 Å². The third-order valence-electron chi connectivity index (χ3n) is 3.56. The SMILES string of the molecule is C=S(=O)(NC(=O)c1cncc(C#Cc2cccc(Br)c2)c1)c1ccccc1. The second-order valence-electron chi connectivity index (χ2n) is 5.64. The first kappa shape index (κ1) is 18.9. The Balaban J connectivity index is 1.80. The highest BCUT2D eigenvalue weighted by atomic mass is 79.9. The molecule has 1 heterocycles. The molecule has 1 unspecified atom stereocenters. The van der Waals surface area contributed by atoms with Crippen LogP contribution in [0.2, 0.25) is 0 Å². The lowest BCUT2D eigenvalue weighted by Crippen LogP contribution is -2.30. The quantitative estimate of drug-likeness (QED) is 0.501. The Bertz CT molecular complexity index is 1150. The highest BCUT2D eigenvalue weighted by Crippen LogP contribution is 2.11. The number of nitrogens with zero attached hydrogens (tertiary/aromatic N) is 1. The Hall–Kier alpha value is -2.88. The number of carbonyl (C=O) groups excluding carboxylic acids is 1. The maximum Gasteiger partial charge on any atom is 0.264 e. The van der Waals surface area contributed by atoms with E-state index < -0.39 is 15.6 Å². The van der Waals surface area contributed by atoms with Crippen LogP contribution in [-0.2, 0) is 9.71 Å². The summed E-state index contributed by atoms with van der Waals surface area (Å²) in [5.74, 6) is 9.14. The molecule has 1 N–H and O–H groups in total. The molecule has 1 aromatic heterocycles. The van der Waals surface area contributed by atoms with Gasteiger partial charge in [0.15, 0.2) is 0 Å². The number of aromatic nitrogens is 1. The number of nitrogens with one attached hydrogen (secondary N) is 1. The van der Waals surface area contributed by atoms with E-state index in [-0.39, 0.29) is 5.56 Å². The van der Waals surface area contributed by atoms with Gasteiger partial charge in [0, 0.05) is 32.9 Å². The van der Waals surface area contributed by atoms with E-state index in [0.29, 0.717) is 10.5 Å². The fraction of sp³-hybridized carbons (Fsp3) is 0. The second kappa shape index (κ2) is 8.21. The van der Waals surface area contributed by atoms with Gasteiger partial charge < -0.3 is 0 Å². The Morgan fingerprint density at radius 2 is 1.74 bits per heavy atom. The first-order valence-electron chi connectivity index (χ1n) is 7.91. The number of rotatable bonds is 3. The lowest BCUT2D eigenvalue weighted by molar-refractivity contribution is 0.0982. The minimum atomic E-state index is -2.95. The molecule has 0 radical (unpaired) electrons. The van der Waals surface area contributed by atoms with E-state index in [1.807, 2.05) is 24.3 Å². The summed E-state index contributed by atoms with van der Waals surface area (Å²) in [4.78, 5) is 17.0. The van der Waals surface area contributed by atoms with Crippen molar-refractivity contribution in [2.24, 2.45) is 0 Å². The standard InChI is InChI=1S/C21H15BrN2O2S/c1-27(26,20-8-3-2-4-9-20)24-21(25)18-12-17(14-23-15-18)11-10-16-6-5-7-19(22)13-16/h2-9,12-15H,1H2,(H,24,25,26). The van der Waals surface area contributed by atoms with Crippen LogP contribution < -0.4 is 4.72 Å². The minimum Gasteiger partial charge on any atom is -0.275 e. The lowest BCUT2D eigenvalue weighted by atomic mass is 10.2. The highest BCUT2D eigenvalue weighted by molar-refractivity contribution is 9.10. The first-order chi connectivity index (χ1) is 12.9. The van der Waals surface area contributed by atoms with E-state index in [0.717, 1.165) is 10.0 Å². The van der Waals surface area contributed by atoms with Gasteiger partial charge in [0.2, 0.25) is 0 Å². The van der Waals surface area contributed by atoms with Gasteiger partial charge in [-0.25, -0.2) is 4.21 Å². The molecule has 0 aliphatic rings. The van der Waals surface area contributed by atoms with Crippen molar-refractivity contribution in [2.45, 2.75) is 4.90 Å². The normalized spacial score (nSPS) is 12.3. The van der Waals surface area contributed by atoms with Gasteiger partial charge in [0.05, 0.1) is 15.3 Å². The Labute approximate surface area is 166 Å². The van der Waals surface area contributed by atoms with Crippen molar-refractivity contribution in [1.82, 2.24) is 9.71 Å². The number of pyridine rings is 1. The highest BCUT2D eigenvalue weighted by Gasteiger charge is 2.13. The predicted molar refractivity (Wildman–Crippen MR) is 112 cm³/mol.